The van der Waals surface area contributed by atoms with Crippen molar-refractivity contribution in [2.45, 2.75) is 17.9 Å². The first-order valence-electron chi connectivity index (χ1n) is 3.99. The van der Waals surface area contributed by atoms with Crippen LogP contribution in [0, 0.1) is 11.6 Å². The van der Waals surface area contributed by atoms with E-state index in [2.05, 4.69) is 11.6 Å². The largest absolute Gasteiger partial charge is 0.385 e. The van der Waals surface area contributed by atoms with Gasteiger partial charge in [-0.3, -0.25) is 0 Å². The third-order valence-corrected chi connectivity index (χ3v) is 2.05. The lowest BCUT2D eigenvalue weighted by Gasteiger charge is -2.16. The summed E-state index contributed by atoms with van der Waals surface area (Å²) < 4.78 is 50.2. The Kier molecular flexibility index (Phi) is 3.57. The van der Waals surface area contributed by atoms with E-state index in [9.17, 15) is 17.6 Å². The van der Waals surface area contributed by atoms with Gasteiger partial charge in [0.05, 0.1) is 0 Å². The molecule has 15 heavy (non-hydrogen) atoms. The van der Waals surface area contributed by atoms with Crippen LogP contribution in [0.1, 0.15) is 5.56 Å². The van der Waals surface area contributed by atoms with E-state index < -0.39 is 29.5 Å². The lowest BCUT2D eigenvalue weighted by atomic mass is 10.1. The molecule has 1 aromatic carbocycles. The molecule has 0 saturated heterocycles. The molecule has 1 atom stereocenters. The van der Waals surface area contributed by atoms with E-state index in [0.717, 1.165) is 18.2 Å². The maximum atomic E-state index is 13.0. The van der Waals surface area contributed by atoms with Gasteiger partial charge < -0.3 is 5.11 Å². The number of halogens is 5. The molecule has 6 heteroatoms. The fraction of sp³-hybridized carbons (Fsp3) is 0.333. The molecule has 0 fully saturated rings. The SMILES string of the molecule is OC(Cc1cc(F)ccc1F)C(F)(F)Cl. The predicted octanol–water partition coefficient (Wildman–Crippen LogP) is 2.70. The van der Waals surface area contributed by atoms with Crippen LogP contribution in [0.15, 0.2) is 18.2 Å². The minimum atomic E-state index is -3.86. The van der Waals surface area contributed by atoms with E-state index in [1.807, 2.05) is 0 Å². The van der Waals surface area contributed by atoms with Crippen LogP contribution in [0.4, 0.5) is 17.6 Å². The van der Waals surface area contributed by atoms with E-state index in [0.29, 0.717) is 0 Å². The van der Waals surface area contributed by atoms with Crippen molar-refractivity contribution in [1.29, 1.82) is 0 Å². The molecule has 0 bridgehead atoms. The van der Waals surface area contributed by atoms with Gasteiger partial charge in [0, 0.05) is 6.42 Å². The van der Waals surface area contributed by atoms with Crippen LogP contribution in [-0.2, 0) is 6.42 Å². The van der Waals surface area contributed by atoms with Crippen molar-refractivity contribution < 1.29 is 22.7 Å². The Morgan fingerprint density at radius 3 is 2.47 bits per heavy atom. The highest BCUT2D eigenvalue weighted by Gasteiger charge is 2.36. The Morgan fingerprint density at radius 1 is 1.33 bits per heavy atom. The standard InChI is InChI=1S/C9H7ClF4O/c10-9(13,14)8(15)4-5-3-6(11)1-2-7(5)12/h1-3,8,15H,4H2. The van der Waals surface area contributed by atoms with Gasteiger partial charge in [0.25, 0.3) is 0 Å². The van der Waals surface area contributed by atoms with Crippen LogP contribution in [0.5, 0.6) is 0 Å². The number of aliphatic hydroxyl groups is 1. The highest BCUT2D eigenvalue weighted by molar-refractivity contribution is 6.22. The van der Waals surface area contributed by atoms with Crippen LogP contribution in [0.25, 0.3) is 0 Å². The maximum absolute atomic E-state index is 13.0. The number of benzene rings is 1. The van der Waals surface area contributed by atoms with E-state index in [4.69, 9.17) is 5.11 Å². The zero-order valence-electron chi connectivity index (χ0n) is 7.35. The first-order chi connectivity index (χ1) is 6.80. The smallest absolute Gasteiger partial charge is 0.347 e. The average molecular weight is 243 g/mol. The summed E-state index contributed by atoms with van der Waals surface area (Å²) in [7, 11) is 0. The number of alkyl halides is 3. The van der Waals surface area contributed by atoms with Crippen LogP contribution in [0.3, 0.4) is 0 Å². The molecular weight excluding hydrogens is 236 g/mol. The molecule has 0 amide bonds. The van der Waals surface area contributed by atoms with Gasteiger partial charge in [-0.05, 0) is 35.4 Å². The summed E-state index contributed by atoms with van der Waals surface area (Å²) >= 11 is 4.53. The summed E-state index contributed by atoms with van der Waals surface area (Å²) in [6.07, 6.45) is -3.00. The highest BCUT2D eigenvalue weighted by Crippen LogP contribution is 2.26. The first-order valence-corrected chi connectivity index (χ1v) is 4.37. The number of aliphatic hydroxyl groups excluding tert-OH is 1. The van der Waals surface area contributed by atoms with Crippen molar-refractivity contribution in [3.05, 3.63) is 35.4 Å². The average Bonchev–Trinajstić information content (AvgIpc) is 2.09. The van der Waals surface area contributed by atoms with Crippen LogP contribution >= 0.6 is 11.6 Å². The van der Waals surface area contributed by atoms with E-state index in [1.165, 1.54) is 0 Å². The van der Waals surface area contributed by atoms with Gasteiger partial charge in [0.1, 0.15) is 17.7 Å². The molecule has 1 rings (SSSR count). The molecule has 0 aliphatic rings. The van der Waals surface area contributed by atoms with E-state index in [-0.39, 0.29) is 5.56 Å². The maximum Gasteiger partial charge on any atom is 0.347 e. The molecule has 1 aromatic rings. The Morgan fingerprint density at radius 2 is 1.93 bits per heavy atom. The van der Waals surface area contributed by atoms with Crippen molar-refractivity contribution >= 4 is 11.6 Å². The highest BCUT2D eigenvalue weighted by atomic mass is 35.5. The van der Waals surface area contributed by atoms with Crippen molar-refractivity contribution in [3.63, 3.8) is 0 Å². The first kappa shape index (κ1) is 12.3. The molecule has 1 nitrogen and oxygen atoms in total. The number of hydrogen-bond donors (Lipinski definition) is 1. The second-order valence-corrected chi connectivity index (χ2v) is 3.50. The topological polar surface area (TPSA) is 20.2 Å². The number of rotatable bonds is 3. The van der Waals surface area contributed by atoms with Gasteiger partial charge >= 0.3 is 5.38 Å². The zero-order valence-corrected chi connectivity index (χ0v) is 8.11. The monoisotopic (exact) mass is 242 g/mol. The lowest BCUT2D eigenvalue weighted by molar-refractivity contribution is -0.0401. The van der Waals surface area contributed by atoms with Gasteiger partial charge in [-0.25, -0.2) is 8.78 Å². The summed E-state index contributed by atoms with van der Waals surface area (Å²) in [5.74, 6) is -1.63. The minimum absolute atomic E-state index is 0.345. The third-order valence-electron chi connectivity index (χ3n) is 1.80. The summed E-state index contributed by atoms with van der Waals surface area (Å²) in [6, 6.07) is 2.38. The lowest BCUT2D eigenvalue weighted by Crippen LogP contribution is -2.29. The van der Waals surface area contributed by atoms with Gasteiger partial charge in [0.15, 0.2) is 0 Å². The molecule has 0 aliphatic heterocycles. The predicted molar refractivity (Wildman–Crippen MR) is 46.9 cm³/mol. The molecule has 0 aliphatic carbocycles. The number of hydrogen-bond acceptors (Lipinski definition) is 1. The van der Waals surface area contributed by atoms with Gasteiger partial charge in [-0.2, -0.15) is 8.78 Å². The molecule has 0 aromatic heterocycles. The van der Waals surface area contributed by atoms with E-state index in [1.54, 1.807) is 0 Å². The summed E-state index contributed by atoms with van der Waals surface area (Å²) in [4.78, 5) is 0. The molecule has 1 unspecified atom stereocenters. The van der Waals surface area contributed by atoms with E-state index >= 15 is 0 Å². The Labute approximate surface area is 88.3 Å². The minimum Gasteiger partial charge on any atom is -0.385 e. The van der Waals surface area contributed by atoms with Crippen molar-refractivity contribution in [1.82, 2.24) is 0 Å². The molecule has 1 N–H and O–H groups in total. The molecular formula is C9H7ClF4O. The van der Waals surface area contributed by atoms with Crippen molar-refractivity contribution in [2.24, 2.45) is 0 Å². The second kappa shape index (κ2) is 4.37. The molecule has 0 radical (unpaired) electrons. The summed E-state index contributed by atoms with van der Waals surface area (Å²) in [5.41, 5.74) is -0.345. The third kappa shape index (κ3) is 3.35. The second-order valence-electron chi connectivity index (χ2n) is 3.00. The normalized spacial score (nSPS) is 14.0. The van der Waals surface area contributed by atoms with Crippen LogP contribution < -0.4 is 0 Å². The summed E-state index contributed by atoms with van der Waals surface area (Å²) in [6.45, 7) is 0. The zero-order chi connectivity index (χ0) is 11.6. The van der Waals surface area contributed by atoms with Crippen LogP contribution in [-0.4, -0.2) is 16.6 Å². The van der Waals surface area contributed by atoms with Crippen molar-refractivity contribution in [2.75, 3.05) is 0 Å². The summed E-state index contributed by atoms with van der Waals surface area (Å²) in [5, 5.41) is 5.02. The Bertz CT molecular complexity index is 350. The van der Waals surface area contributed by atoms with Gasteiger partial charge in [0.2, 0.25) is 0 Å². The molecule has 0 spiro atoms. The Hall–Kier alpha value is -0.810. The Balaban J connectivity index is 2.85. The van der Waals surface area contributed by atoms with Gasteiger partial charge in [-0.15, -0.1) is 0 Å². The molecule has 0 heterocycles. The fourth-order valence-corrected chi connectivity index (χ4v) is 1.10. The molecule has 84 valence electrons. The van der Waals surface area contributed by atoms with Gasteiger partial charge in [-0.1, -0.05) is 0 Å². The molecule has 0 saturated carbocycles. The van der Waals surface area contributed by atoms with Crippen molar-refractivity contribution in [3.8, 4) is 0 Å². The quantitative estimate of drug-likeness (QED) is 0.638. The van der Waals surface area contributed by atoms with Crippen LogP contribution in [0.2, 0.25) is 0 Å². The fourth-order valence-electron chi connectivity index (χ4n) is 1.02.